The van der Waals surface area contributed by atoms with Crippen molar-refractivity contribution in [2.45, 2.75) is 25.2 Å². The van der Waals surface area contributed by atoms with E-state index in [0.29, 0.717) is 17.0 Å². The van der Waals surface area contributed by atoms with E-state index in [-0.39, 0.29) is 10.7 Å². The minimum Gasteiger partial charge on any atom is -0.495 e. The van der Waals surface area contributed by atoms with Crippen molar-refractivity contribution in [3.05, 3.63) is 53.6 Å². The lowest BCUT2D eigenvalue weighted by atomic mass is 10.1. The second-order valence-corrected chi connectivity index (χ2v) is 6.76. The third-order valence-electron chi connectivity index (χ3n) is 3.47. The molecule has 5 nitrogen and oxygen atoms in total. The number of carbonyl (C=O) groups is 1. The van der Waals surface area contributed by atoms with Gasteiger partial charge in [-0.15, -0.1) is 0 Å². The van der Waals surface area contributed by atoms with Gasteiger partial charge >= 0.3 is 0 Å². The first kappa shape index (κ1) is 17.0. The van der Waals surface area contributed by atoms with Crippen molar-refractivity contribution in [1.82, 2.24) is 0 Å². The normalized spacial score (nSPS) is 11.1. The molecule has 0 heterocycles. The fraction of sp³-hybridized carbons (Fsp3) is 0.235. The SMILES string of the molecule is CCc1ccc(OC)c(NS(=O)(=O)c2cccc(C(C)=O)c2)c1. The number of hydrogen-bond donors (Lipinski definition) is 1. The lowest BCUT2D eigenvalue weighted by molar-refractivity contribution is 0.101. The van der Waals surface area contributed by atoms with Gasteiger partial charge in [0.15, 0.2) is 5.78 Å². The van der Waals surface area contributed by atoms with E-state index in [2.05, 4.69) is 4.72 Å². The van der Waals surface area contributed by atoms with Crippen molar-refractivity contribution < 1.29 is 17.9 Å². The number of aryl methyl sites for hydroxylation is 1. The van der Waals surface area contributed by atoms with Crippen LogP contribution in [0, 0.1) is 0 Å². The molecule has 0 radical (unpaired) electrons. The summed E-state index contributed by atoms with van der Waals surface area (Å²) in [6.45, 7) is 3.38. The predicted octanol–water partition coefficient (Wildman–Crippen LogP) is 3.26. The summed E-state index contributed by atoms with van der Waals surface area (Å²) < 4.78 is 32.9. The third kappa shape index (κ3) is 3.90. The highest BCUT2D eigenvalue weighted by Crippen LogP contribution is 2.28. The van der Waals surface area contributed by atoms with Gasteiger partial charge in [0.1, 0.15) is 5.75 Å². The molecule has 0 unspecified atom stereocenters. The number of benzene rings is 2. The highest BCUT2D eigenvalue weighted by atomic mass is 32.2. The molecule has 23 heavy (non-hydrogen) atoms. The first-order chi connectivity index (χ1) is 10.9. The van der Waals surface area contributed by atoms with Crippen molar-refractivity contribution >= 4 is 21.5 Å². The van der Waals surface area contributed by atoms with Crippen LogP contribution in [0.4, 0.5) is 5.69 Å². The van der Waals surface area contributed by atoms with Crippen molar-refractivity contribution in [2.75, 3.05) is 11.8 Å². The molecule has 6 heteroatoms. The summed E-state index contributed by atoms with van der Waals surface area (Å²) in [5.41, 5.74) is 1.71. The first-order valence-corrected chi connectivity index (χ1v) is 8.66. The highest BCUT2D eigenvalue weighted by molar-refractivity contribution is 7.92. The van der Waals surface area contributed by atoms with Gasteiger partial charge in [-0.25, -0.2) is 8.42 Å². The lowest BCUT2D eigenvalue weighted by Gasteiger charge is -2.13. The van der Waals surface area contributed by atoms with Gasteiger partial charge in [0.05, 0.1) is 17.7 Å². The summed E-state index contributed by atoms with van der Waals surface area (Å²) in [5.74, 6) is 0.251. The number of rotatable bonds is 6. The maximum absolute atomic E-state index is 12.6. The number of hydrogen-bond acceptors (Lipinski definition) is 4. The topological polar surface area (TPSA) is 72.5 Å². The van der Waals surface area contributed by atoms with Gasteiger partial charge in [0.25, 0.3) is 10.0 Å². The van der Waals surface area contributed by atoms with Gasteiger partial charge in [-0.1, -0.05) is 25.1 Å². The molecular weight excluding hydrogens is 314 g/mol. The van der Waals surface area contributed by atoms with Crippen LogP contribution in [-0.2, 0) is 16.4 Å². The molecule has 1 N–H and O–H groups in total. The van der Waals surface area contributed by atoms with Crippen LogP contribution >= 0.6 is 0 Å². The fourth-order valence-corrected chi connectivity index (χ4v) is 3.25. The smallest absolute Gasteiger partial charge is 0.262 e. The minimum atomic E-state index is -3.81. The summed E-state index contributed by atoms with van der Waals surface area (Å²) in [7, 11) is -2.33. The van der Waals surface area contributed by atoms with Crippen LogP contribution < -0.4 is 9.46 Å². The van der Waals surface area contributed by atoms with Crippen molar-refractivity contribution in [3.63, 3.8) is 0 Å². The van der Waals surface area contributed by atoms with Crippen molar-refractivity contribution in [2.24, 2.45) is 0 Å². The average molecular weight is 333 g/mol. The Labute approximate surface area is 136 Å². The zero-order valence-corrected chi connectivity index (χ0v) is 14.1. The molecule has 0 saturated carbocycles. The predicted molar refractivity (Wildman–Crippen MR) is 89.6 cm³/mol. The van der Waals surface area contributed by atoms with Crippen LogP contribution in [0.2, 0.25) is 0 Å². The monoisotopic (exact) mass is 333 g/mol. The number of methoxy groups -OCH3 is 1. The Kier molecular flexibility index (Phi) is 5.05. The number of nitrogens with one attached hydrogen (secondary N) is 1. The lowest BCUT2D eigenvalue weighted by Crippen LogP contribution is -2.14. The summed E-state index contributed by atoms with van der Waals surface area (Å²) in [6.07, 6.45) is 0.776. The Bertz CT molecular complexity index is 828. The van der Waals surface area contributed by atoms with E-state index < -0.39 is 10.0 Å². The molecule has 0 aromatic heterocycles. The molecule has 0 atom stereocenters. The Balaban J connectivity index is 2.42. The molecule has 0 aliphatic heterocycles. The molecule has 0 bridgehead atoms. The molecule has 2 aromatic carbocycles. The van der Waals surface area contributed by atoms with Crippen molar-refractivity contribution in [1.29, 1.82) is 0 Å². The van der Waals surface area contributed by atoms with Gasteiger partial charge in [0, 0.05) is 5.56 Å². The summed E-state index contributed by atoms with van der Waals surface area (Å²) in [6, 6.07) is 11.3. The average Bonchev–Trinajstić information content (AvgIpc) is 2.54. The molecule has 2 aromatic rings. The molecular formula is C17H19NO4S. The van der Waals surface area contributed by atoms with Gasteiger partial charge in [-0.3, -0.25) is 9.52 Å². The number of anilines is 1. The molecule has 0 spiro atoms. The summed E-state index contributed by atoms with van der Waals surface area (Å²) in [4.78, 5) is 11.5. The number of ketones is 1. The van der Waals surface area contributed by atoms with Gasteiger partial charge in [-0.2, -0.15) is 0 Å². The van der Waals surface area contributed by atoms with Crippen LogP contribution in [0.5, 0.6) is 5.75 Å². The van der Waals surface area contributed by atoms with Crippen LogP contribution in [0.1, 0.15) is 29.8 Å². The van der Waals surface area contributed by atoms with E-state index in [1.54, 1.807) is 24.3 Å². The molecule has 0 fully saturated rings. The Morgan fingerprint density at radius 2 is 1.91 bits per heavy atom. The standard InChI is InChI=1S/C17H19NO4S/c1-4-13-8-9-17(22-3)16(10-13)18-23(20,21)15-7-5-6-14(11-15)12(2)19/h5-11,18H,4H2,1-3H3. The Morgan fingerprint density at radius 3 is 2.52 bits per heavy atom. The Morgan fingerprint density at radius 1 is 1.17 bits per heavy atom. The van der Waals surface area contributed by atoms with E-state index in [1.807, 2.05) is 13.0 Å². The number of ether oxygens (including phenoxy) is 1. The number of Topliss-reactive ketones (excluding diaryl/α,β-unsaturated/α-hetero) is 1. The fourth-order valence-electron chi connectivity index (χ4n) is 2.14. The maximum Gasteiger partial charge on any atom is 0.262 e. The molecule has 0 amide bonds. The van der Waals surface area contributed by atoms with E-state index >= 15 is 0 Å². The molecule has 122 valence electrons. The largest absolute Gasteiger partial charge is 0.495 e. The van der Waals surface area contributed by atoms with Crippen LogP contribution in [0.15, 0.2) is 47.4 Å². The Hall–Kier alpha value is -2.34. The zero-order chi connectivity index (χ0) is 17.0. The van der Waals surface area contributed by atoms with Crippen LogP contribution in [0.25, 0.3) is 0 Å². The van der Waals surface area contributed by atoms with E-state index in [1.165, 1.54) is 26.2 Å². The van der Waals surface area contributed by atoms with Gasteiger partial charge in [-0.05, 0) is 43.2 Å². The number of carbonyl (C=O) groups excluding carboxylic acids is 1. The van der Waals surface area contributed by atoms with E-state index in [4.69, 9.17) is 4.74 Å². The zero-order valence-electron chi connectivity index (χ0n) is 13.3. The van der Waals surface area contributed by atoms with Gasteiger partial charge < -0.3 is 4.74 Å². The third-order valence-corrected chi connectivity index (χ3v) is 4.83. The van der Waals surface area contributed by atoms with Crippen LogP contribution in [-0.4, -0.2) is 21.3 Å². The number of sulfonamides is 1. The first-order valence-electron chi connectivity index (χ1n) is 7.18. The summed E-state index contributed by atoms with van der Waals surface area (Å²) >= 11 is 0. The molecule has 2 rings (SSSR count). The second-order valence-electron chi connectivity index (χ2n) is 5.08. The van der Waals surface area contributed by atoms with Gasteiger partial charge in [0.2, 0.25) is 0 Å². The summed E-state index contributed by atoms with van der Waals surface area (Å²) in [5, 5.41) is 0. The van der Waals surface area contributed by atoms with Crippen molar-refractivity contribution in [3.8, 4) is 5.75 Å². The quantitative estimate of drug-likeness (QED) is 0.824. The van der Waals surface area contributed by atoms with Crippen LogP contribution in [0.3, 0.4) is 0 Å². The molecule has 0 saturated heterocycles. The maximum atomic E-state index is 12.6. The van der Waals surface area contributed by atoms with E-state index in [9.17, 15) is 13.2 Å². The highest BCUT2D eigenvalue weighted by Gasteiger charge is 2.18. The molecule has 0 aliphatic carbocycles. The minimum absolute atomic E-state index is 0.0363. The molecule has 0 aliphatic rings. The second kappa shape index (κ2) is 6.83. The van der Waals surface area contributed by atoms with E-state index in [0.717, 1.165) is 12.0 Å².